The molecule has 0 fully saturated rings. The average Bonchev–Trinajstić information content (AvgIpc) is 2.07. The molecule has 0 aliphatic heterocycles. The van der Waals surface area contributed by atoms with Crippen molar-refractivity contribution in [3.8, 4) is 6.07 Å². The van der Waals surface area contributed by atoms with E-state index < -0.39 is 0 Å². The topological polar surface area (TPSA) is 23.8 Å². The predicted molar refractivity (Wildman–Crippen MR) is 56.5 cm³/mol. The van der Waals surface area contributed by atoms with E-state index in [2.05, 4.69) is 31.9 Å². The van der Waals surface area contributed by atoms with Gasteiger partial charge in [0.05, 0.1) is 6.07 Å². The second kappa shape index (κ2) is 4.44. The minimum atomic E-state index is 0.989. The standard InChI is InChI=1S/C9H5Br2N/c10-8-4-3-7(2-1-5-12)6-9(8)11/h1-4,6H/b2-1+. The summed E-state index contributed by atoms with van der Waals surface area (Å²) in [4.78, 5) is 0. The van der Waals surface area contributed by atoms with Gasteiger partial charge >= 0.3 is 0 Å². The Bertz CT molecular complexity index is 350. The van der Waals surface area contributed by atoms with Gasteiger partial charge in [-0.25, -0.2) is 0 Å². The number of allylic oxidation sites excluding steroid dienone is 1. The van der Waals surface area contributed by atoms with Crippen molar-refractivity contribution in [3.05, 3.63) is 38.8 Å². The summed E-state index contributed by atoms with van der Waals surface area (Å²) >= 11 is 6.74. The van der Waals surface area contributed by atoms with Crippen molar-refractivity contribution in [2.24, 2.45) is 0 Å². The van der Waals surface area contributed by atoms with Gasteiger partial charge in [-0.1, -0.05) is 6.07 Å². The summed E-state index contributed by atoms with van der Waals surface area (Å²) in [5, 5.41) is 8.29. The third-order valence-corrected chi connectivity index (χ3v) is 3.17. The molecule has 0 aliphatic carbocycles. The van der Waals surface area contributed by atoms with Crippen LogP contribution in [-0.2, 0) is 0 Å². The minimum absolute atomic E-state index is 0.989. The smallest absolute Gasteiger partial charge is 0.0912 e. The highest BCUT2D eigenvalue weighted by Crippen LogP contribution is 2.24. The molecule has 0 amide bonds. The van der Waals surface area contributed by atoms with Gasteiger partial charge in [-0.05, 0) is 55.6 Å². The molecule has 0 saturated carbocycles. The molecule has 0 saturated heterocycles. The highest BCUT2D eigenvalue weighted by Gasteiger charge is 1.94. The first-order valence-electron chi connectivity index (χ1n) is 3.25. The fraction of sp³-hybridized carbons (Fsp3) is 0. The molecule has 0 aromatic heterocycles. The van der Waals surface area contributed by atoms with E-state index in [4.69, 9.17) is 5.26 Å². The van der Waals surface area contributed by atoms with Gasteiger partial charge in [0.1, 0.15) is 0 Å². The molecule has 12 heavy (non-hydrogen) atoms. The van der Waals surface area contributed by atoms with Crippen LogP contribution in [0.1, 0.15) is 5.56 Å². The molecular weight excluding hydrogens is 282 g/mol. The van der Waals surface area contributed by atoms with Crippen LogP contribution in [0.5, 0.6) is 0 Å². The molecule has 1 aromatic rings. The quantitative estimate of drug-likeness (QED) is 0.722. The molecular formula is C9H5Br2N. The van der Waals surface area contributed by atoms with Crippen LogP contribution in [0.3, 0.4) is 0 Å². The Morgan fingerprint density at radius 1 is 1.25 bits per heavy atom. The number of hydrogen-bond acceptors (Lipinski definition) is 1. The van der Waals surface area contributed by atoms with E-state index in [9.17, 15) is 0 Å². The fourth-order valence-corrected chi connectivity index (χ4v) is 1.39. The zero-order valence-electron chi connectivity index (χ0n) is 6.09. The van der Waals surface area contributed by atoms with Crippen molar-refractivity contribution < 1.29 is 0 Å². The van der Waals surface area contributed by atoms with Crippen LogP contribution < -0.4 is 0 Å². The third-order valence-electron chi connectivity index (χ3n) is 1.29. The molecule has 0 aliphatic rings. The van der Waals surface area contributed by atoms with Gasteiger partial charge in [-0.15, -0.1) is 0 Å². The number of rotatable bonds is 1. The Hall–Kier alpha value is -0.590. The maximum atomic E-state index is 8.29. The van der Waals surface area contributed by atoms with Crippen LogP contribution in [0, 0.1) is 11.3 Å². The van der Waals surface area contributed by atoms with E-state index in [1.807, 2.05) is 24.3 Å². The summed E-state index contributed by atoms with van der Waals surface area (Å²) in [6, 6.07) is 7.75. The summed E-state index contributed by atoms with van der Waals surface area (Å²) < 4.78 is 2.00. The summed E-state index contributed by atoms with van der Waals surface area (Å²) in [7, 11) is 0. The molecule has 0 unspecified atom stereocenters. The van der Waals surface area contributed by atoms with Gasteiger partial charge in [-0.3, -0.25) is 0 Å². The van der Waals surface area contributed by atoms with Gasteiger partial charge in [0.2, 0.25) is 0 Å². The Morgan fingerprint density at radius 3 is 2.58 bits per heavy atom. The van der Waals surface area contributed by atoms with E-state index in [1.165, 1.54) is 6.08 Å². The molecule has 0 heterocycles. The lowest BCUT2D eigenvalue weighted by Gasteiger charge is -1.96. The predicted octanol–water partition coefficient (Wildman–Crippen LogP) is 3.75. The van der Waals surface area contributed by atoms with Gasteiger partial charge in [0.25, 0.3) is 0 Å². The first-order valence-corrected chi connectivity index (χ1v) is 4.84. The van der Waals surface area contributed by atoms with Crippen molar-refractivity contribution in [3.63, 3.8) is 0 Å². The minimum Gasteiger partial charge on any atom is -0.193 e. The zero-order chi connectivity index (χ0) is 8.97. The SMILES string of the molecule is N#C/C=C/c1ccc(Br)c(Br)c1. The van der Waals surface area contributed by atoms with E-state index in [0.717, 1.165) is 14.5 Å². The molecule has 0 bridgehead atoms. The largest absolute Gasteiger partial charge is 0.193 e. The lowest BCUT2D eigenvalue weighted by Crippen LogP contribution is -1.73. The lowest BCUT2D eigenvalue weighted by atomic mass is 10.2. The van der Waals surface area contributed by atoms with Gasteiger partial charge in [0, 0.05) is 15.0 Å². The van der Waals surface area contributed by atoms with E-state index in [0.29, 0.717) is 0 Å². The van der Waals surface area contributed by atoms with Crippen molar-refractivity contribution in [1.29, 1.82) is 5.26 Å². The molecule has 1 rings (SSSR count). The maximum absolute atomic E-state index is 8.29. The van der Waals surface area contributed by atoms with E-state index in [1.54, 1.807) is 6.08 Å². The number of benzene rings is 1. The van der Waals surface area contributed by atoms with Crippen molar-refractivity contribution in [2.45, 2.75) is 0 Å². The average molecular weight is 287 g/mol. The number of nitriles is 1. The van der Waals surface area contributed by atoms with Crippen LogP contribution in [0.15, 0.2) is 33.2 Å². The second-order valence-corrected chi connectivity index (χ2v) is 3.84. The number of hydrogen-bond donors (Lipinski definition) is 0. The van der Waals surface area contributed by atoms with Crippen LogP contribution in [0.2, 0.25) is 0 Å². The monoisotopic (exact) mass is 285 g/mol. The van der Waals surface area contributed by atoms with Gasteiger partial charge in [-0.2, -0.15) is 5.26 Å². The second-order valence-electron chi connectivity index (χ2n) is 2.14. The normalized spacial score (nSPS) is 10.1. The maximum Gasteiger partial charge on any atom is 0.0912 e. The molecule has 0 spiro atoms. The van der Waals surface area contributed by atoms with Crippen LogP contribution in [0.4, 0.5) is 0 Å². The molecule has 0 N–H and O–H groups in total. The summed E-state index contributed by atoms with van der Waals surface area (Å²) in [5.74, 6) is 0. The van der Waals surface area contributed by atoms with E-state index in [-0.39, 0.29) is 0 Å². The number of halogens is 2. The summed E-state index contributed by atoms with van der Waals surface area (Å²) in [6.07, 6.45) is 3.22. The van der Waals surface area contributed by atoms with Crippen LogP contribution in [-0.4, -0.2) is 0 Å². The Balaban J connectivity index is 2.99. The van der Waals surface area contributed by atoms with Gasteiger partial charge in [0.15, 0.2) is 0 Å². The third kappa shape index (κ3) is 2.47. The molecule has 1 aromatic carbocycles. The van der Waals surface area contributed by atoms with Crippen LogP contribution >= 0.6 is 31.9 Å². The Kier molecular flexibility index (Phi) is 3.51. The van der Waals surface area contributed by atoms with E-state index >= 15 is 0 Å². The first kappa shape index (κ1) is 9.50. The Morgan fingerprint density at radius 2 is 2.00 bits per heavy atom. The summed E-state index contributed by atoms with van der Waals surface area (Å²) in [6.45, 7) is 0. The molecule has 3 heteroatoms. The fourth-order valence-electron chi connectivity index (χ4n) is 0.750. The molecule has 0 radical (unpaired) electrons. The van der Waals surface area contributed by atoms with Crippen molar-refractivity contribution in [2.75, 3.05) is 0 Å². The lowest BCUT2D eigenvalue weighted by molar-refractivity contribution is 1.53. The van der Waals surface area contributed by atoms with Crippen molar-refractivity contribution >= 4 is 37.9 Å². The summed E-state index contributed by atoms with van der Waals surface area (Å²) in [5.41, 5.74) is 1.01. The first-order chi connectivity index (χ1) is 5.74. The molecule has 1 nitrogen and oxygen atoms in total. The zero-order valence-corrected chi connectivity index (χ0v) is 9.26. The molecule has 0 atom stereocenters. The van der Waals surface area contributed by atoms with Gasteiger partial charge < -0.3 is 0 Å². The van der Waals surface area contributed by atoms with Crippen LogP contribution in [0.25, 0.3) is 6.08 Å². The highest BCUT2D eigenvalue weighted by molar-refractivity contribution is 9.13. The van der Waals surface area contributed by atoms with Crippen molar-refractivity contribution in [1.82, 2.24) is 0 Å². The number of nitrogens with zero attached hydrogens (tertiary/aromatic N) is 1. The Labute approximate surface area is 88.0 Å². The highest BCUT2D eigenvalue weighted by atomic mass is 79.9. The molecule has 60 valence electrons.